The molecule has 0 saturated heterocycles. The molecule has 0 aliphatic rings. The largest absolute Gasteiger partial charge is 0.478 e. The monoisotopic (exact) mass is 324 g/mol. The van der Waals surface area contributed by atoms with Crippen molar-refractivity contribution in [2.24, 2.45) is 0 Å². The van der Waals surface area contributed by atoms with Gasteiger partial charge in [0, 0.05) is 17.6 Å². The van der Waals surface area contributed by atoms with Gasteiger partial charge in [0.15, 0.2) is 0 Å². The SMILES string of the molecule is O=C(O)c1ccncc1NCCc1ccc(-c2cccs2)cc1. The number of aromatic carboxylic acids is 1. The molecule has 0 spiro atoms. The molecule has 0 radical (unpaired) electrons. The van der Waals surface area contributed by atoms with Crippen LogP contribution in [0.3, 0.4) is 0 Å². The van der Waals surface area contributed by atoms with Crippen molar-refractivity contribution in [2.75, 3.05) is 11.9 Å². The first-order valence-electron chi connectivity index (χ1n) is 7.28. The molecule has 0 saturated carbocycles. The Bertz CT molecular complexity index is 783. The molecule has 1 aromatic carbocycles. The third-order valence-corrected chi connectivity index (χ3v) is 4.46. The minimum absolute atomic E-state index is 0.244. The van der Waals surface area contributed by atoms with Crippen LogP contribution in [0.15, 0.2) is 60.2 Å². The number of hydrogen-bond acceptors (Lipinski definition) is 4. The second-order valence-electron chi connectivity index (χ2n) is 5.08. The van der Waals surface area contributed by atoms with Crippen LogP contribution in [-0.4, -0.2) is 22.6 Å². The van der Waals surface area contributed by atoms with Gasteiger partial charge in [0.1, 0.15) is 0 Å². The van der Waals surface area contributed by atoms with Crippen LogP contribution >= 0.6 is 11.3 Å². The molecule has 23 heavy (non-hydrogen) atoms. The summed E-state index contributed by atoms with van der Waals surface area (Å²) >= 11 is 1.73. The predicted octanol–water partition coefficient (Wildman–Crippen LogP) is 4.16. The summed E-state index contributed by atoms with van der Waals surface area (Å²) in [7, 11) is 0. The highest BCUT2D eigenvalue weighted by Gasteiger charge is 2.08. The Morgan fingerprint density at radius 1 is 1.17 bits per heavy atom. The molecule has 116 valence electrons. The predicted molar refractivity (Wildman–Crippen MR) is 93.1 cm³/mol. The number of pyridine rings is 1. The van der Waals surface area contributed by atoms with E-state index in [1.165, 1.54) is 28.3 Å². The van der Waals surface area contributed by atoms with Crippen LogP contribution in [-0.2, 0) is 6.42 Å². The number of carboxylic acid groups (broad SMARTS) is 1. The number of aromatic nitrogens is 1. The molecule has 0 amide bonds. The molecule has 0 aliphatic carbocycles. The molecule has 0 fully saturated rings. The van der Waals surface area contributed by atoms with Crippen molar-refractivity contribution in [1.29, 1.82) is 0 Å². The average Bonchev–Trinajstić information content (AvgIpc) is 3.10. The Kier molecular flexibility index (Phi) is 4.68. The maximum atomic E-state index is 11.1. The second kappa shape index (κ2) is 7.07. The molecule has 3 aromatic rings. The van der Waals surface area contributed by atoms with Crippen molar-refractivity contribution in [3.63, 3.8) is 0 Å². The Balaban J connectivity index is 1.60. The van der Waals surface area contributed by atoms with Crippen molar-refractivity contribution in [3.05, 3.63) is 71.4 Å². The van der Waals surface area contributed by atoms with Gasteiger partial charge in [-0.2, -0.15) is 0 Å². The number of carboxylic acids is 1. The summed E-state index contributed by atoms with van der Waals surface area (Å²) in [6, 6.07) is 14.1. The number of carbonyl (C=O) groups is 1. The Hall–Kier alpha value is -2.66. The maximum Gasteiger partial charge on any atom is 0.337 e. The summed E-state index contributed by atoms with van der Waals surface area (Å²) in [5, 5.41) is 14.4. The van der Waals surface area contributed by atoms with E-state index >= 15 is 0 Å². The molecular weight excluding hydrogens is 308 g/mol. The van der Waals surface area contributed by atoms with Crippen LogP contribution in [0.25, 0.3) is 10.4 Å². The van der Waals surface area contributed by atoms with Crippen LogP contribution in [0.5, 0.6) is 0 Å². The van der Waals surface area contributed by atoms with Crippen LogP contribution < -0.4 is 5.32 Å². The van der Waals surface area contributed by atoms with E-state index in [1.807, 2.05) is 6.07 Å². The van der Waals surface area contributed by atoms with E-state index in [1.54, 1.807) is 17.5 Å². The third-order valence-electron chi connectivity index (χ3n) is 3.54. The number of nitrogens with one attached hydrogen (secondary N) is 1. The smallest absolute Gasteiger partial charge is 0.337 e. The van der Waals surface area contributed by atoms with Gasteiger partial charge in [-0.1, -0.05) is 30.3 Å². The summed E-state index contributed by atoms with van der Waals surface area (Å²) in [6.07, 6.45) is 3.85. The Labute approximate surface area is 138 Å². The molecule has 4 nitrogen and oxygen atoms in total. The summed E-state index contributed by atoms with van der Waals surface area (Å²) < 4.78 is 0. The molecule has 2 aromatic heterocycles. The molecule has 0 aliphatic heterocycles. The maximum absolute atomic E-state index is 11.1. The molecule has 0 unspecified atom stereocenters. The lowest BCUT2D eigenvalue weighted by Crippen LogP contribution is -2.09. The summed E-state index contributed by atoms with van der Waals surface area (Å²) in [5.74, 6) is -0.949. The first-order valence-corrected chi connectivity index (χ1v) is 8.16. The van der Waals surface area contributed by atoms with Gasteiger partial charge < -0.3 is 10.4 Å². The highest BCUT2D eigenvalue weighted by atomic mass is 32.1. The van der Waals surface area contributed by atoms with Crippen LogP contribution in [0.2, 0.25) is 0 Å². The van der Waals surface area contributed by atoms with Crippen LogP contribution in [0, 0.1) is 0 Å². The van der Waals surface area contributed by atoms with Crippen molar-refractivity contribution in [2.45, 2.75) is 6.42 Å². The summed E-state index contributed by atoms with van der Waals surface area (Å²) in [5.41, 5.74) is 3.22. The van der Waals surface area contributed by atoms with E-state index in [4.69, 9.17) is 5.11 Å². The highest BCUT2D eigenvalue weighted by molar-refractivity contribution is 7.13. The van der Waals surface area contributed by atoms with Gasteiger partial charge in [-0.3, -0.25) is 4.98 Å². The van der Waals surface area contributed by atoms with E-state index in [0.717, 1.165) is 6.42 Å². The van der Waals surface area contributed by atoms with E-state index in [-0.39, 0.29) is 5.56 Å². The summed E-state index contributed by atoms with van der Waals surface area (Å²) in [4.78, 5) is 16.4. The number of hydrogen-bond donors (Lipinski definition) is 2. The second-order valence-corrected chi connectivity index (χ2v) is 6.03. The first-order chi connectivity index (χ1) is 11.2. The first kappa shape index (κ1) is 15.2. The van der Waals surface area contributed by atoms with Crippen molar-refractivity contribution in [1.82, 2.24) is 4.98 Å². The van der Waals surface area contributed by atoms with Gasteiger partial charge >= 0.3 is 5.97 Å². The third kappa shape index (κ3) is 3.76. The Morgan fingerprint density at radius 2 is 2.00 bits per heavy atom. The average molecular weight is 324 g/mol. The van der Waals surface area contributed by atoms with Gasteiger partial charge in [-0.15, -0.1) is 11.3 Å². The van der Waals surface area contributed by atoms with Crippen LogP contribution in [0.4, 0.5) is 5.69 Å². The zero-order valence-electron chi connectivity index (χ0n) is 12.4. The van der Waals surface area contributed by atoms with Crippen LogP contribution in [0.1, 0.15) is 15.9 Å². The molecule has 3 rings (SSSR count). The molecule has 2 N–H and O–H groups in total. The van der Waals surface area contributed by atoms with Crippen molar-refractivity contribution < 1.29 is 9.90 Å². The lowest BCUT2D eigenvalue weighted by atomic mass is 10.1. The molecule has 0 atom stereocenters. The minimum atomic E-state index is -0.949. The lowest BCUT2D eigenvalue weighted by Gasteiger charge is -2.09. The highest BCUT2D eigenvalue weighted by Crippen LogP contribution is 2.24. The zero-order valence-corrected chi connectivity index (χ0v) is 13.2. The lowest BCUT2D eigenvalue weighted by molar-refractivity contribution is 0.0698. The fraction of sp³-hybridized carbons (Fsp3) is 0.111. The van der Waals surface area contributed by atoms with E-state index in [9.17, 15) is 4.79 Å². The minimum Gasteiger partial charge on any atom is -0.478 e. The Morgan fingerprint density at radius 3 is 2.70 bits per heavy atom. The fourth-order valence-corrected chi connectivity index (χ4v) is 3.07. The number of anilines is 1. The van der Waals surface area contributed by atoms with Crippen molar-refractivity contribution >= 4 is 23.0 Å². The number of benzene rings is 1. The van der Waals surface area contributed by atoms with E-state index < -0.39 is 5.97 Å². The molecule has 2 heterocycles. The van der Waals surface area contributed by atoms with Gasteiger partial charge in [0.25, 0.3) is 0 Å². The number of rotatable bonds is 6. The normalized spacial score (nSPS) is 10.4. The zero-order chi connectivity index (χ0) is 16.1. The van der Waals surface area contributed by atoms with E-state index in [0.29, 0.717) is 12.2 Å². The van der Waals surface area contributed by atoms with Gasteiger partial charge in [-0.25, -0.2) is 4.79 Å². The summed E-state index contributed by atoms with van der Waals surface area (Å²) in [6.45, 7) is 0.657. The number of nitrogens with zero attached hydrogens (tertiary/aromatic N) is 1. The van der Waals surface area contributed by atoms with Crippen molar-refractivity contribution in [3.8, 4) is 10.4 Å². The van der Waals surface area contributed by atoms with E-state index in [2.05, 4.69) is 46.0 Å². The number of thiophene rings is 1. The van der Waals surface area contributed by atoms with Gasteiger partial charge in [-0.05, 0) is 35.1 Å². The van der Waals surface area contributed by atoms with Gasteiger partial charge in [0.2, 0.25) is 0 Å². The quantitative estimate of drug-likeness (QED) is 0.714. The molecular formula is C18H16N2O2S. The van der Waals surface area contributed by atoms with Gasteiger partial charge in [0.05, 0.1) is 17.4 Å². The topological polar surface area (TPSA) is 62.2 Å². The molecule has 5 heteroatoms. The fourth-order valence-electron chi connectivity index (χ4n) is 2.34. The molecule has 0 bridgehead atoms. The standard InChI is InChI=1S/C18H16N2O2S/c21-18(22)15-8-9-19-12-16(15)20-10-7-13-3-5-14(6-4-13)17-2-1-11-23-17/h1-6,8-9,11-12,20H,7,10H2,(H,21,22).